The third-order valence-corrected chi connectivity index (χ3v) is 3.57. The van der Waals surface area contributed by atoms with E-state index in [-0.39, 0.29) is 5.54 Å². The van der Waals surface area contributed by atoms with Crippen molar-refractivity contribution in [3.05, 3.63) is 28.7 Å². The van der Waals surface area contributed by atoms with Gasteiger partial charge >= 0.3 is 0 Å². The van der Waals surface area contributed by atoms with Gasteiger partial charge in [-0.25, -0.2) is 4.98 Å². The van der Waals surface area contributed by atoms with E-state index in [2.05, 4.69) is 44.8 Å². The maximum Gasteiger partial charge on any atom is 0.200 e. The summed E-state index contributed by atoms with van der Waals surface area (Å²) < 4.78 is 1.39. The average molecular weight is 261 g/mol. The van der Waals surface area contributed by atoms with Crippen molar-refractivity contribution in [1.82, 2.24) is 30.2 Å². The Kier molecular flexibility index (Phi) is 2.44. The quantitative estimate of drug-likeness (QED) is 0.766. The summed E-state index contributed by atoms with van der Waals surface area (Å²) in [5.41, 5.74) is 0.329. The van der Waals surface area contributed by atoms with E-state index in [1.165, 1.54) is 4.63 Å². The van der Waals surface area contributed by atoms with E-state index >= 15 is 0 Å². The number of aromatic nitrogens is 6. The number of fused-ring (bicyclic) bond motifs is 1. The van der Waals surface area contributed by atoms with E-state index < -0.39 is 0 Å². The molecule has 3 rings (SSSR count). The van der Waals surface area contributed by atoms with Crippen LogP contribution in [0.25, 0.3) is 5.65 Å². The molecule has 1 N–H and O–H groups in total. The van der Waals surface area contributed by atoms with Crippen molar-refractivity contribution in [2.24, 2.45) is 0 Å². The molecule has 0 amide bonds. The minimum Gasteiger partial charge on any atom is -0.357 e. The van der Waals surface area contributed by atoms with Crippen molar-refractivity contribution >= 4 is 22.8 Å². The molecule has 0 spiro atoms. The molecule has 0 radical (unpaired) electrons. The first-order chi connectivity index (χ1) is 8.65. The van der Waals surface area contributed by atoms with Gasteiger partial charge in [0, 0.05) is 11.6 Å². The Morgan fingerprint density at radius 2 is 2.22 bits per heavy atom. The highest BCUT2D eigenvalue weighted by Crippen LogP contribution is 2.26. The maximum absolute atomic E-state index is 4.32. The minimum atomic E-state index is -0.289. The Labute approximate surface area is 107 Å². The van der Waals surface area contributed by atoms with Gasteiger partial charge in [0.25, 0.3) is 0 Å². The summed E-state index contributed by atoms with van der Waals surface area (Å²) in [5, 5.41) is 21.7. The van der Waals surface area contributed by atoms with E-state index in [0.29, 0.717) is 11.5 Å². The number of nitrogens with one attached hydrogen (secondary N) is 1. The summed E-state index contributed by atoms with van der Waals surface area (Å²) in [6, 6.07) is 3.66. The molecule has 0 saturated carbocycles. The summed E-state index contributed by atoms with van der Waals surface area (Å²) in [6.07, 6.45) is 1.79. The van der Waals surface area contributed by atoms with Crippen LogP contribution in [0.3, 0.4) is 0 Å². The molecular weight excluding hydrogens is 250 g/mol. The molecule has 0 bridgehead atoms. The van der Waals surface area contributed by atoms with Crippen LogP contribution in [0.15, 0.2) is 23.7 Å². The molecule has 3 aromatic heterocycles. The van der Waals surface area contributed by atoms with Gasteiger partial charge in [0.05, 0.1) is 5.54 Å². The zero-order valence-corrected chi connectivity index (χ0v) is 10.7. The lowest BCUT2D eigenvalue weighted by atomic mass is 10.1. The van der Waals surface area contributed by atoms with Gasteiger partial charge in [0.15, 0.2) is 5.65 Å². The van der Waals surface area contributed by atoms with Gasteiger partial charge < -0.3 is 5.32 Å². The fourth-order valence-corrected chi connectivity index (χ4v) is 2.34. The molecule has 8 heteroatoms. The molecule has 7 nitrogen and oxygen atoms in total. The molecule has 0 aliphatic heterocycles. The minimum absolute atomic E-state index is 0.289. The van der Waals surface area contributed by atoms with E-state index in [9.17, 15) is 0 Å². The van der Waals surface area contributed by atoms with Gasteiger partial charge in [-0.1, -0.05) is 0 Å². The van der Waals surface area contributed by atoms with Crippen LogP contribution < -0.4 is 5.32 Å². The lowest BCUT2D eigenvalue weighted by Crippen LogP contribution is -2.28. The van der Waals surface area contributed by atoms with Crippen molar-refractivity contribution in [2.75, 3.05) is 5.32 Å². The summed E-state index contributed by atoms with van der Waals surface area (Å²) in [5.74, 6) is 0.704. The molecule has 0 aliphatic rings. The van der Waals surface area contributed by atoms with Crippen LogP contribution in [0.1, 0.15) is 18.9 Å². The van der Waals surface area contributed by atoms with Gasteiger partial charge in [0.2, 0.25) is 0 Å². The second-order valence-electron chi connectivity index (χ2n) is 4.33. The smallest absolute Gasteiger partial charge is 0.200 e. The van der Waals surface area contributed by atoms with Crippen LogP contribution in [-0.4, -0.2) is 30.2 Å². The molecule has 3 heterocycles. The van der Waals surface area contributed by atoms with Crippen LogP contribution >= 0.6 is 11.3 Å². The topological polar surface area (TPSA) is 80.9 Å². The Hall–Kier alpha value is -2.09. The SMILES string of the molecule is CC(C)(Nc1ccc2nnnn2n1)c1nccs1. The molecule has 0 saturated heterocycles. The van der Waals surface area contributed by atoms with E-state index in [4.69, 9.17) is 0 Å². The number of anilines is 1. The molecule has 92 valence electrons. The van der Waals surface area contributed by atoms with E-state index in [0.717, 1.165) is 5.01 Å². The fraction of sp³-hybridized carbons (Fsp3) is 0.300. The van der Waals surface area contributed by atoms with Crippen LogP contribution in [0, 0.1) is 0 Å². The van der Waals surface area contributed by atoms with Crippen LogP contribution in [0.2, 0.25) is 0 Å². The van der Waals surface area contributed by atoms with Crippen molar-refractivity contribution in [1.29, 1.82) is 0 Å². The zero-order chi connectivity index (χ0) is 12.6. The van der Waals surface area contributed by atoms with Crippen LogP contribution in [-0.2, 0) is 5.54 Å². The Morgan fingerprint density at radius 3 is 3.00 bits per heavy atom. The number of hydrogen-bond acceptors (Lipinski definition) is 7. The molecule has 0 atom stereocenters. The normalized spacial score (nSPS) is 11.9. The third-order valence-electron chi connectivity index (χ3n) is 2.48. The van der Waals surface area contributed by atoms with Gasteiger partial charge in [-0.2, -0.15) is 0 Å². The zero-order valence-electron chi connectivity index (χ0n) is 9.90. The number of tetrazole rings is 1. The van der Waals surface area contributed by atoms with E-state index in [1.807, 2.05) is 17.5 Å². The lowest BCUT2D eigenvalue weighted by molar-refractivity contribution is 0.595. The molecule has 18 heavy (non-hydrogen) atoms. The van der Waals surface area contributed by atoms with Crippen LogP contribution in [0.5, 0.6) is 0 Å². The third kappa shape index (κ3) is 1.90. The predicted molar refractivity (Wildman–Crippen MR) is 67.3 cm³/mol. The number of hydrogen-bond donors (Lipinski definition) is 1. The Bertz CT molecular complexity index is 658. The largest absolute Gasteiger partial charge is 0.357 e. The number of rotatable bonds is 3. The molecular formula is C10H11N7S. The number of thiazole rings is 1. The Morgan fingerprint density at radius 1 is 1.33 bits per heavy atom. The molecule has 0 aromatic carbocycles. The van der Waals surface area contributed by atoms with Gasteiger partial charge in [-0.05, 0) is 36.4 Å². The summed E-state index contributed by atoms with van der Waals surface area (Å²) in [7, 11) is 0. The van der Waals surface area contributed by atoms with Crippen LogP contribution in [0.4, 0.5) is 5.82 Å². The predicted octanol–water partition coefficient (Wildman–Crippen LogP) is 1.32. The second-order valence-corrected chi connectivity index (χ2v) is 5.23. The molecule has 0 aliphatic carbocycles. The maximum atomic E-state index is 4.32. The highest BCUT2D eigenvalue weighted by molar-refractivity contribution is 7.09. The number of nitrogens with zero attached hydrogens (tertiary/aromatic N) is 6. The monoisotopic (exact) mass is 261 g/mol. The van der Waals surface area contributed by atoms with Crippen molar-refractivity contribution in [3.63, 3.8) is 0 Å². The Balaban J connectivity index is 1.91. The average Bonchev–Trinajstić information content (AvgIpc) is 2.99. The fourth-order valence-electron chi connectivity index (χ4n) is 1.62. The molecule has 0 fully saturated rings. The summed E-state index contributed by atoms with van der Waals surface area (Å²) in [6.45, 7) is 4.11. The van der Waals surface area contributed by atoms with E-state index in [1.54, 1.807) is 17.5 Å². The van der Waals surface area contributed by atoms with Crippen molar-refractivity contribution in [2.45, 2.75) is 19.4 Å². The van der Waals surface area contributed by atoms with Crippen molar-refractivity contribution < 1.29 is 0 Å². The summed E-state index contributed by atoms with van der Waals surface area (Å²) >= 11 is 1.61. The van der Waals surface area contributed by atoms with Gasteiger partial charge in [-0.15, -0.1) is 26.2 Å². The highest BCUT2D eigenvalue weighted by atomic mass is 32.1. The first-order valence-corrected chi connectivity index (χ1v) is 6.27. The first kappa shape index (κ1) is 11.0. The second kappa shape index (κ2) is 3.98. The van der Waals surface area contributed by atoms with Crippen molar-refractivity contribution in [3.8, 4) is 0 Å². The highest BCUT2D eigenvalue weighted by Gasteiger charge is 2.23. The molecule has 0 unspecified atom stereocenters. The molecule has 3 aromatic rings. The standard InChI is InChI=1S/C10H11N7S/c1-10(2,9-11-5-6-18-9)12-7-3-4-8-13-15-16-17(8)14-7/h3-6H,1-2H3,(H,12,14). The van der Waals surface area contributed by atoms with Gasteiger partial charge in [-0.3, -0.25) is 0 Å². The van der Waals surface area contributed by atoms with Gasteiger partial charge in [0.1, 0.15) is 10.8 Å². The lowest BCUT2D eigenvalue weighted by Gasteiger charge is -2.24. The first-order valence-electron chi connectivity index (χ1n) is 5.39. The summed E-state index contributed by atoms with van der Waals surface area (Å²) in [4.78, 5) is 4.32.